The topological polar surface area (TPSA) is 71.1 Å². The zero-order valence-electron chi connectivity index (χ0n) is 20.5. The lowest BCUT2D eigenvalue weighted by atomic mass is 9.95. The number of pyridine rings is 1. The molecule has 2 aromatic heterocycles. The fourth-order valence-electron chi connectivity index (χ4n) is 4.81. The first kappa shape index (κ1) is 22.7. The molecule has 0 aliphatic carbocycles. The van der Waals surface area contributed by atoms with E-state index in [-0.39, 0.29) is 11.9 Å². The lowest BCUT2D eigenvalue weighted by Crippen LogP contribution is -2.29. The number of benzene rings is 3. The number of nitrogens with one attached hydrogen (secondary N) is 1. The molecule has 0 fully saturated rings. The van der Waals surface area contributed by atoms with Gasteiger partial charge in [-0.05, 0) is 41.8 Å². The highest BCUT2D eigenvalue weighted by atomic mass is 16.5. The number of amides is 1. The predicted molar refractivity (Wildman–Crippen MR) is 142 cm³/mol. The van der Waals surface area contributed by atoms with Crippen molar-refractivity contribution >= 4 is 5.91 Å². The maximum atomic E-state index is 13.6. The van der Waals surface area contributed by atoms with Crippen molar-refractivity contribution in [1.29, 1.82) is 0 Å². The van der Waals surface area contributed by atoms with Crippen LogP contribution >= 0.6 is 0 Å². The van der Waals surface area contributed by atoms with Crippen LogP contribution in [0.1, 0.15) is 44.3 Å². The molecule has 0 bridgehead atoms. The minimum Gasteiger partial charge on any atom is -0.489 e. The van der Waals surface area contributed by atoms with E-state index in [0.717, 1.165) is 39.3 Å². The Labute approximate surface area is 215 Å². The van der Waals surface area contributed by atoms with Gasteiger partial charge in [0.2, 0.25) is 0 Å². The predicted octanol–water partition coefficient (Wildman–Crippen LogP) is 6.10. The van der Waals surface area contributed by atoms with E-state index in [1.54, 1.807) is 12.4 Å². The van der Waals surface area contributed by atoms with Crippen molar-refractivity contribution in [2.75, 3.05) is 0 Å². The van der Waals surface area contributed by atoms with Crippen LogP contribution in [0.4, 0.5) is 0 Å². The van der Waals surface area contributed by atoms with Crippen molar-refractivity contribution < 1.29 is 9.53 Å². The summed E-state index contributed by atoms with van der Waals surface area (Å²) in [6.07, 6.45) is 3.54. The number of aromatic nitrogens is 3. The summed E-state index contributed by atoms with van der Waals surface area (Å²) < 4.78 is 6.00. The highest BCUT2D eigenvalue weighted by molar-refractivity contribution is 6.00. The van der Waals surface area contributed by atoms with Gasteiger partial charge in [0.1, 0.15) is 18.1 Å². The number of carbonyl (C=O) groups excluding carboxylic acids is 1. The van der Waals surface area contributed by atoms with Gasteiger partial charge in [0.25, 0.3) is 5.91 Å². The van der Waals surface area contributed by atoms with Gasteiger partial charge in [0.05, 0.1) is 11.7 Å². The molecule has 0 saturated carbocycles. The number of hydrogen-bond acceptors (Lipinski definition) is 4. The maximum Gasteiger partial charge on any atom is 0.273 e. The van der Waals surface area contributed by atoms with Crippen LogP contribution in [0.5, 0.6) is 5.75 Å². The summed E-state index contributed by atoms with van der Waals surface area (Å²) in [6, 6.07) is 29.9. The lowest BCUT2D eigenvalue weighted by Gasteiger charge is -2.26. The largest absolute Gasteiger partial charge is 0.489 e. The average Bonchev–Trinajstić information content (AvgIpc) is 3.48. The summed E-state index contributed by atoms with van der Waals surface area (Å²) in [5.41, 5.74) is 7.47. The number of ether oxygens (including phenoxy) is 1. The van der Waals surface area contributed by atoms with E-state index in [9.17, 15) is 4.79 Å². The van der Waals surface area contributed by atoms with E-state index in [4.69, 9.17) is 4.74 Å². The maximum absolute atomic E-state index is 13.6. The van der Waals surface area contributed by atoms with Gasteiger partial charge >= 0.3 is 0 Å². The van der Waals surface area contributed by atoms with Gasteiger partial charge in [-0.1, -0.05) is 78.4 Å². The Kier molecular flexibility index (Phi) is 5.98. The molecule has 1 amide bonds. The SMILES string of the molecule is Cc1ccc(-c2n[nH]c3c2C(c2ccc(OCc4ccccc4)cc2)N(Cc2cccnc2)C3=O)cc1. The molecule has 3 heterocycles. The highest BCUT2D eigenvalue weighted by Crippen LogP contribution is 2.43. The van der Waals surface area contributed by atoms with E-state index >= 15 is 0 Å². The summed E-state index contributed by atoms with van der Waals surface area (Å²) in [6.45, 7) is 3.00. The smallest absolute Gasteiger partial charge is 0.273 e. The van der Waals surface area contributed by atoms with Gasteiger partial charge in [0.15, 0.2) is 0 Å². The van der Waals surface area contributed by atoms with E-state index in [2.05, 4.69) is 46.4 Å². The number of fused-ring (bicyclic) bond motifs is 1. The van der Waals surface area contributed by atoms with E-state index < -0.39 is 0 Å². The lowest BCUT2D eigenvalue weighted by molar-refractivity contribution is 0.0730. The molecule has 1 aliphatic rings. The van der Waals surface area contributed by atoms with E-state index in [0.29, 0.717) is 18.8 Å². The molecule has 1 aliphatic heterocycles. The fraction of sp³-hybridized carbons (Fsp3) is 0.129. The van der Waals surface area contributed by atoms with Crippen LogP contribution in [0, 0.1) is 6.92 Å². The molecule has 0 saturated heterocycles. The van der Waals surface area contributed by atoms with Crippen LogP contribution in [0.2, 0.25) is 0 Å². The van der Waals surface area contributed by atoms with Crippen molar-refractivity contribution in [2.24, 2.45) is 0 Å². The second-order valence-corrected chi connectivity index (χ2v) is 9.27. The van der Waals surface area contributed by atoms with Crippen molar-refractivity contribution in [3.63, 3.8) is 0 Å². The fourth-order valence-corrected chi connectivity index (χ4v) is 4.81. The number of carbonyl (C=O) groups is 1. The third-order valence-corrected chi connectivity index (χ3v) is 6.71. The molecule has 6 rings (SSSR count). The molecule has 1 atom stereocenters. The van der Waals surface area contributed by atoms with Crippen molar-refractivity contribution in [3.8, 4) is 17.0 Å². The van der Waals surface area contributed by atoms with Gasteiger partial charge in [-0.3, -0.25) is 14.9 Å². The Morgan fingerprint density at radius 3 is 2.38 bits per heavy atom. The summed E-state index contributed by atoms with van der Waals surface area (Å²) in [5.74, 6) is 0.709. The van der Waals surface area contributed by atoms with Crippen LogP contribution in [0.15, 0.2) is 103 Å². The second kappa shape index (κ2) is 9.74. The molecule has 5 aromatic rings. The standard InChI is InChI=1S/C31H26N4O2/c1-21-9-11-24(12-10-21)28-27-29(34-33-28)31(36)35(19-23-8-5-17-32-18-23)30(27)25-13-15-26(16-14-25)37-20-22-6-3-2-4-7-22/h2-18,30H,19-20H2,1H3,(H,33,34). The Hall–Kier alpha value is -4.71. The first-order valence-corrected chi connectivity index (χ1v) is 12.3. The molecule has 182 valence electrons. The van der Waals surface area contributed by atoms with E-state index in [1.165, 1.54) is 5.56 Å². The van der Waals surface area contributed by atoms with Gasteiger partial charge in [-0.25, -0.2) is 0 Å². The summed E-state index contributed by atoms with van der Waals surface area (Å²) >= 11 is 0. The minimum atomic E-state index is -0.291. The van der Waals surface area contributed by atoms with Gasteiger partial charge in [0, 0.05) is 30.1 Å². The van der Waals surface area contributed by atoms with Crippen LogP contribution in [0.3, 0.4) is 0 Å². The Morgan fingerprint density at radius 2 is 1.65 bits per heavy atom. The molecule has 0 radical (unpaired) electrons. The molecule has 6 heteroatoms. The van der Waals surface area contributed by atoms with E-state index in [1.807, 2.05) is 71.6 Å². The van der Waals surface area contributed by atoms with Crippen LogP contribution in [0.25, 0.3) is 11.3 Å². The minimum absolute atomic E-state index is 0.0703. The molecule has 37 heavy (non-hydrogen) atoms. The van der Waals surface area contributed by atoms with Crippen LogP contribution in [-0.4, -0.2) is 26.0 Å². The van der Waals surface area contributed by atoms with Crippen LogP contribution < -0.4 is 4.74 Å². The summed E-state index contributed by atoms with van der Waals surface area (Å²) in [5, 5.41) is 7.61. The number of aryl methyl sites for hydroxylation is 1. The highest BCUT2D eigenvalue weighted by Gasteiger charge is 2.42. The number of aromatic amines is 1. The molecule has 6 nitrogen and oxygen atoms in total. The molecular formula is C31H26N4O2. The number of hydrogen-bond donors (Lipinski definition) is 1. The third kappa shape index (κ3) is 4.49. The first-order chi connectivity index (χ1) is 18.2. The van der Waals surface area contributed by atoms with Gasteiger partial charge < -0.3 is 9.64 Å². The zero-order chi connectivity index (χ0) is 25.2. The molecule has 3 aromatic carbocycles. The van der Waals surface area contributed by atoms with Crippen molar-refractivity contribution in [1.82, 2.24) is 20.1 Å². The van der Waals surface area contributed by atoms with Gasteiger partial charge in [-0.2, -0.15) is 5.10 Å². The van der Waals surface area contributed by atoms with Gasteiger partial charge in [-0.15, -0.1) is 0 Å². The average molecular weight is 487 g/mol. The first-order valence-electron chi connectivity index (χ1n) is 12.3. The Morgan fingerprint density at radius 1 is 0.892 bits per heavy atom. The Bertz CT molecular complexity index is 1510. The number of H-pyrrole nitrogens is 1. The van der Waals surface area contributed by atoms with Crippen molar-refractivity contribution in [2.45, 2.75) is 26.1 Å². The number of rotatable bonds is 7. The normalized spacial score (nSPS) is 14.6. The monoisotopic (exact) mass is 486 g/mol. The van der Waals surface area contributed by atoms with Crippen molar-refractivity contribution in [3.05, 3.63) is 137 Å². The van der Waals surface area contributed by atoms with Crippen LogP contribution in [-0.2, 0) is 13.2 Å². The molecule has 0 spiro atoms. The summed E-state index contributed by atoms with van der Waals surface area (Å²) in [4.78, 5) is 19.7. The second-order valence-electron chi connectivity index (χ2n) is 9.27. The Balaban J connectivity index is 1.36. The molecule has 1 N–H and O–H groups in total. The molecule has 1 unspecified atom stereocenters. The zero-order valence-corrected chi connectivity index (χ0v) is 20.5. The molecular weight excluding hydrogens is 460 g/mol. The number of nitrogens with zero attached hydrogens (tertiary/aromatic N) is 3. The third-order valence-electron chi connectivity index (χ3n) is 6.71. The summed E-state index contributed by atoms with van der Waals surface area (Å²) in [7, 11) is 0. The quantitative estimate of drug-likeness (QED) is 0.302.